The maximum absolute atomic E-state index is 12.1. The molecular weight excluding hydrogens is 332 g/mol. The minimum atomic E-state index is -0.327. The van der Waals surface area contributed by atoms with E-state index in [9.17, 15) is 4.79 Å². The summed E-state index contributed by atoms with van der Waals surface area (Å²) in [6.07, 6.45) is -0.327. The van der Waals surface area contributed by atoms with Crippen LogP contribution >= 0.6 is 11.6 Å². The number of aromatic nitrogens is 3. The number of nitrogens with two attached hydrogens (primary N) is 1. The van der Waals surface area contributed by atoms with E-state index >= 15 is 0 Å². The number of hydrogen-bond donors (Lipinski definition) is 1. The van der Waals surface area contributed by atoms with Crippen molar-refractivity contribution in [3.05, 3.63) is 41.2 Å². The van der Waals surface area contributed by atoms with Gasteiger partial charge in [-0.1, -0.05) is 30.3 Å². The summed E-state index contributed by atoms with van der Waals surface area (Å²) < 4.78 is 5.33. The molecule has 1 fully saturated rings. The molecule has 2 heterocycles. The number of piperazine rings is 1. The van der Waals surface area contributed by atoms with Crippen LogP contribution in [0.1, 0.15) is 5.56 Å². The van der Waals surface area contributed by atoms with Gasteiger partial charge >= 0.3 is 6.09 Å². The molecule has 3 rings (SSSR count). The van der Waals surface area contributed by atoms with E-state index in [4.69, 9.17) is 22.1 Å². The van der Waals surface area contributed by atoms with Crippen LogP contribution in [0.15, 0.2) is 30.3 Å². The van der Waals surface area contributed by atoms with Gasteiger partial charge < -0.3 is 20.3 Å². The lowest BCUT2D eigenvalue weighted by Gasteiger charge is -2.34. The van der Waals surface area contributed by atoms with E-state index in [1.807, 2.05) is 35.2 Å². The summed E-state index contributed by atoms with van der Waals surface area (Å²) in [5, 5.41) is 0.0576. The molecule has 9 heteroatoms. The van der Waals surface area contributed by atoms with E-state index in [0.717, 1.165) is 5.56 Å². The molecule has 2 aromatic rings. The Morgan fingerprint density at radius 1 is 1.12 bits per heavy atom. The zero-order chi connectivity index (χ0) is 16.9. The molecule has 0 saturated carbocycles. The topological polar surface area (TPSA) is 97.5 Å². The number of nitrogen functional groups attached to an aromatic ring is 1. The fourth-order valence-corrected chi connectivity index (χ4v) is 2.56. The number of halogens is 1. The highest BCUT2D eigenvalue weighted by molar-refractivity contribution is 6.28. The molecule has 0 spiro atoms. The van der Waals surface area contributed by atoms with Gasteiger partial charge in [0.05, 0.1) is 0 Å². The molecule has 1 saturated heterocycles. The molecule has 0 bridgehead atoms. The second-order valence-electron chi connectivity index (χ2n) is 5.28. The molecule has 1 aromatic heterocycles. The Morgan fingerprint density at radius 3 is 2.50 bits per heavy atom. The van der Waals surface area contributed by atoms with Gasteiger partial charge in [0, 0.05) is 26.2 Å². The van der Waals surface area contributed by atoms with Crippen LogP contribution in [-0.4, -0.2) is 52.1 Å². The fraction of sp³-hybridized carbons (Fsp3) is 0.333. The van der Waals surface area contributed by atoms with Crippen molar-refractivity contribution in [2.45, 2.75) is 6.61 Å². The van der Waals surface area contributed by atoms with Gasteiger partial charge in [-0.3, -0.25) is 0 Å². The van der Waals surface area contributed by atoms with E-state index in [2.05, 4.69) is 15.0 Å². The van der Waals surface area contributed by atoms with Crippen LogP contribution in [0, 0.1) is 0 Å². The van der Waals surface area contributed by atoms with Crippen LogP contribution in [0.2, 0.25) is 5.28 Å². The first-order valence-electron chi connectivity index (χ1n) is 7.49. The van der Waals surface area contributed by atoms with Crippen molar-refractivity contribution in [1.29, 1.82) is 0 Å². The maximum atomic E-state index is 12.1. The first-order chi connectivity index (χ1) is 11.6. The summed E-state index contributed by atoms with van der Waals surface area (Å²) in [5.41, 5.74) is 6.54. The predicted molar refractivity (Wildman–Crippen MR) is 89.7 cm³/mol. The molecule has 0 radical (unpaired) electrons. The van der Waals surface area contributed by atoms with Crippen LogP contribution in [-0.2, 0) is 11.3 Å². The van der Waals surface area contributed by atoms with E-state index < -0.39 is 0 Å². The van der Waals surface area contributed by atoms with Crippen LogP contribution < -0.4 is 10.6 Å². The van der Waals surface area contributed by atoms with Gasteiger partial charge in [0.1, 0.15) is 6.61 Å². The predicted octanol–water partition coefficient (Wildman–Crippen LogP) is 1.57. The molecule has 1 aliphatic heterocycles. The second-order valence-corrected chi connectivity index (χ2v) is 5.61. The number of amides is 1. The summed E-state index contributed by atoms with van der Waals surface area (Å²) in [6, 6.07) is 9.58. The second kappa shape index (κ2) is 7.31. The number of ether oxygens (including phenoxy) is 1. The average molecular weight is 349 g/mol. The largest absolute Gasteiger partial charge is 0.445 e. The number of hydrogen-bond acceptors (Lipinski definition) is 7. The van der Waals surface area contributed by atoms with Gasteiger partial charge in [-0.15, -0.1) is 0 Å². The lowest BCUT2D eigenvalue weighted by Crippen LogP contribution is -2.49. The zero-order valence-electron chi connectivity index (χ0n) is 12.9. The monoisotopic (exact) mass is 348 g/mol. The number of benzene rings is 1. The van der Waals surface area contributed by atoms with Crippen LogP contribution in [0.5, 0.6) is 0 Å². The van der Waals surface area contributed by atoms with Gasteiger partial charge in [0.15, 0.2) is 0 Å². The van der Waals surface area contributed by atoms with E-state index in [1.165, 1.54) is 0 Å². The van der Waals surface area contributed by atoms with Crippen molar-refractivity contribution in [1.82, 2.24) is 19.9 Å². The summed E-state index contributed by atoms with van der Waals surface area (Å²) >= 11 is 5.79. The van der Waals surface area contributed by atoms with Crippen molar-refractivity contribution >= 4 is 29.6 Å². The van der Waals surface area contributed by atoms with E-state index in [1.54, 1.807) is 4.90 Å². The third-order valence-electron chi connectivity index (χ3n) is 3.64. The average Bonchev–Trinajstić information content (AvgIpc) is 2.60. The fourth-order valence-electron chi connectivity index (χ4n) is 2.40. The van der Waals surface area contributed by atoms with Crippen LogP contribution in [0.3, 0.4) is 0 Å². The van der Waals surface area contributed by atoms with E-state index in [0.29, 0.717) is 32.1 Å². The van der Waals surface area contributed by atoms with Crippen molar-refractivity contribution in [3.8, 4) is 0 Å². The third-order valence-corrected chi connectivity index (χ3v) is 3.81. The SMILES string of the molecule is Nc1nc(Cl)nc(N2CCN(C(=O)OCc3ccccc3)CC2)n1. The minimum absolute atomic E-state index is 0.0576. The molecule has 24 heavy (non-hydrogen) atoms. The maximum Gasteiger partial charge on any atom is 0.410 e. The Labute approximate surface area is 144 Å². The lowest BCUT2D eigenvalue weighted by molar-refractivity contribution is 0.0940. The molecular formula is C15H17ClN6O2. The number of carbonyl (C=O) groups is 1. The Morgan fingerprint density at radius 2 is 1.83 bits per heavy atom. The van der Waals surface area contributed by atoms with E-state index in [-0.39, 0.29) is 23.9 Å². The quantitative estimate of drug-likeness (QED) is 0.898. The molecule has 1 aliphatic rings. The summed E-state index contributed by atoms with van der Waals surface area (Å²) in [7, 11) is 0. The van der Waals surface area contributed by atoms with Crippen molar-refractivity contribution in [2.24, 2.45) is 0 Å². The normalized spacial score (nSPS) is 14.5. The Hall–Kier alpha value is -2.61. The van der Waals surface area contributed by atoms with Crippen molar-refractivity contribution in [3.63, 3.8) is 0 Å². The molecule has 2 N–H and O–H groups in total. The number of carbonyl (C=O) groups excluding carboxylic acids is 1. The molecule has 0 atom stereocenters. The van der Waals surface area contributed by atoms with Crippen molar-refractivity contribution < 1.29 is 9.53 Å². The van der Waals surface area contributed by atoms with Crippen LogP contribution in [0.4, 0.5) is 16.7 Å². The standard InChI is InChI=1S/C15H17ClN6O2/c16-12-18-13(17)20-14(19-12)21-6-8-22(9-7-21)15(23)24-10-11-4-2-1-3-5-11/h1-5H,6-10H2,(H2,17,18,19,20). The molecule has 8 nitrogen and oxygen atoms in total. The zero-order valence-corrected chi connectivity index (χ0v) is 13.7. The highest BCUT2D eigenvalue weighted by Crippen LogP contribution is 2.15. The lowest BCUT2D eigenvalue weighted by atomic mass is 10.2. The minimum Gasteiger partial charge on any atom is -0.445 e. The number of rotatable bonds is 3. The Bertz CT molecular complexity index is 686. The summed E-state index contributed by atoms with van der Waals surface area (Å²) in [6.45, 7) is 2.42. The third kappa shape index (κ3) is 4.02. The first kappa shape index (κ1) is 16.3. The highest BCUT2D eigenvalue weighted by Gasteiger charge is 2.24. The summed E-state index contributed by atoms with van der Waals surface area (Å²) in [5.74, 6) is 0.500. The molecule has 1 aromatic carbocycles. The Kier molecular flexibility index (Phi) is 4.95. The number of anilines is 2. The number of nitrogens with zero attached hydrogens (tertiary/aromatic N) is 5. The molecule has 126 valence electrons. The molecule has 0 unspecified atom stereocenters. The Balaban J connectivity index is 1.52. The highest BCUT2D eigenvalue weighted by atomic mass is 35.5. The molecule has 1 amide bonds. The molecule has 0 aliphatic carbocycles. The van der Waals surface area contributed by atoms with Gasteiger partial charge in [0.2, 0.25) is 17.2 Å². The van der Waals surface area contributed by atoms with Gasteiger partial charge in [-0.2, -0.15) is 15.0 Å². The summed E-state index contributed by atoms with van der Waals surface area (Å²) in [4.78, 5) is 27.6. The van der Waals surface area contributed by atoms with Crippen LogP contribution in [0.25, 0.3) is 0 Å². The van der Waals surface area contributed by atoms with Gasteiger partial charge in [-0.05, 0) is 17.2 Å². The van der Waals surface area contributed by atoms with Crippen molar-refractivity contribution in [2.75, 3.05) is 36.8 Å². The first-order valence-corrected chi connectivity index (χ1v) is 7.87. The smallest absolute Gasteiger partial charge is 0.410 e. The van der Waals surface area contributed by atoms with Gasteiger partial charge in [-0.25, -0.2) is 4.79 Å². The van der Waals surface area contributed by atoms with Gasteiger partial charge in [0.25, 0.3) is 0 Å².